The van der Waals surface area contributed by atoms with E-state index in [1.807, 2.05) is 5.38 Å². The number of rotatable bonds is 6. The summed E-state index contributed by atoms with van der Waals surface area (Å²) < 4.78 is 11.6. The van der Waals surface area contributed by atoms with E-state index in [-0.39, 0.29) is 11.3 Å². The van der Waals surface area contributed by atoms with Crippen molar-refractivity contribution in [3.63, 3.8) is 0 Å². The Hall–Kier alpha value is -2.32. The second kappa shape index (κ2) is 7.06. The molecule has 3 aromatic rings. The number of thiophene rings is 1. The van der Waals surface area contributed by atoms with Crippen molar-refractivity contribution in [2.75, 3.05) is 7.11 Å². The summed E-state index contributed by atoms with van der Waals surface area (Å²) >= 11 is 2.80. The molecule has 0 fully saturated rings. The van der Waals surface area contributed by atoms with Crippen molar-refractivity contribution < 1.29 is 13.9 Å². The largest absolute Gasteiger partial charge is 0.463 e. The van der Waals surface area contributed by atoms with Gasteiger partial charge in [-0.25, -0.2) is 9.78 Å². The van der Waals surface area contributed by atoms with Crippen molar-refractivity contribution in [2.24, 2.45) is 0 Å². The summed E-state index contributed by atoms with van der Waals surface area (Å²) in [5, 5.41) is 3.05. The van der Waals surface area contributed by atoms with E-state index in [9.17, 15) is 9.59 Å². The number of methoxy groups -OCH3 is 1. The molecule has 0 radical (unpaired) electrons. The first-order valence-corrected chi connectivity index (χ1v) is 8.89. The Labute approximate surface area is 145 Å². The number of hydrogen-bond acceptors (Lipinski definition) is 7. The third-order valence-electron chi connectivity index (χ3n) is 3.25. The Morgan fingerprint density at radius 2 is 2.33 bits per heavy atom. The second-order valence-corrected chi connectivity index (χ2v) is 6.62. The topological polar surface area (TPSA) is 74.3 Å². The maximum atomic E-state index is 12.5. The molecule has 0 bridgehead atoms. The smallest absolute Gasteiger partial charge is 0.373 e. The predicted octanol–water partition coefficient (Wildman–Crippen LogP) is 3.32. The van der Waals surface area contributed by atoms with Crippen LogP contribution in [0.2, 0.25) is 0 Å². The number of carbonyl (C=O) groups excluding carboxylic acids is 1. The maximum Gasteiger partial charge on any atom is 0.373 e. The second-order valence-electron chi connectivity index (χ2n) is 4.78. The third kappa shape index (κ3) is 3.15. The predicted molar refractivity (Wildman–Crippen MR) is 93.7 cm³/mol. The zero-order valence-electron chi connectivity index (χ0n) is 12.9. The number of hydrogen-bond donors (Lipinski definition) is 0. The number of thioether (sulfide) groups is 1. The SMILES string of the molecule is C=CCn1c(SCc2ccc(C(=O)OC)o2)nc2sccc2c1=O. The summed E-state index contributed by atoms with van der Waals surface area (Å²) in [7, 11) is 1.30. The standard InChI is InChI=1S/C16H14N2O4S2/c1-3-7-18-14(19)11-6-8-23-13(11)17-16(18)24-9-10-4-5-12(22-10)15(20)21-2/h3-6,8H,1,7,9H2,2H3. The first-order chi connectivity index (χ1) is 11.6. The van der Waals surface area contributed by atoms with Crippen LogP contribution in [0.1, 0.15) is 16.3 Å². The quantitative estimate of drug-likeness (QED) is 0.290. The van der Waals surface area contributed by atoms with Crippen LogP contribution in [0.25, 0.3) is 10.2 Å². The summed E-state index contributed by atoms with van der Waals surface area (Å²) in [6, 6.07) is 5.05. The Morgan fingerprint density at radius 3 is 3.08 bits per heavy atom. The highest BCUT2D eigenvalue weighted by Crippen LogP contribution is 2.25. The van der Waals surface area contributed by atoms with Gasteiger partial charge in [0.15, 0.2) is 5.16 Å². The van der Waals surface area contributed by atoms with Crippen LogP contribution in [-0.4, -0.2) is 22.6 Å². The molecule has 0 amide bonds. The minimum atomic E-state index is -0.520. The number of esters is 1. The molecule has 0 unspecified atom stereocenters. The monoisotopic (exact) mass is 362 g/mol. The minimum absolute atomic E-state index is 0.0849. The molecule has 8 heteroatoms. The fraction of sp³-hybridized carbons (Fsp3) is 0.188. The normalized spacial score (nSPS) is 10.9. The van der Waals surface area contributed by atoms with E-state index >= 15 is 0 Å². The van der Waals surface area contributed by atoms with E-state index in [4.69, 9.17) is 4.42 Å². The van der Waals surface area contributed by atoms with Crippen molar-refractivity contribution in [1.82, 2.24) is 9.55 Å². The van der Waals surface area contributed by atoms with Crippen LogP contribution < -0.4 is 5.56 Å². The molecule has 0 aliphatic rings. The van der Waals surface area contributed by atoms with Gasteiger partial charge in [0, 0.05) is 6.54 Å². The molecule has 6 nitrogen and oxygen atoms in total. The van der Waals surface area contributed by atoms with Gasteiger partial charge in [-0.05, 0) is 23.6 Å². The van der Waals surface area contributed by atoms with Gasteiger partial charge in [-0.3, -0.25) is 9.36 Å². The summed E-state index contributed by atoms with van der Waals surface area (Å²) in [6.07, 6.45) is 1.66. The molecule has 3 rings (SSSR count). The lowest BCUT2D eigenvalue weighted by molar-refractivity contribution is 0.0563. The van der Waals surface area contributed by atoms with Crippen molar-refractivity contribution in [2.45, 2.75) is 17.5 Å². The van der Waals surface area contributed by atoms with E-state index in [1.54, 1.807) is 28.8 Å². The molecule has 0 aliphatic carbocycles. The summed E-state index contributed by atoms with van der Waals surface area (Å²) in [6.45, 7) is 4.07. The number of nitrogens with zero attached hydrogens (tertiary/aromatic N) is 2. The van der Waals surface area contributed by atoms with Gasteiger partial charge in [0.1, 0.15) is 10.6 Å². The van der Waals surface area contributed by atoms with Gasteiger partial charge >= 0.3 is 5.97 Å². The van der Waals surface area contributed by atoms with E-state index in [2.05, 4.69) is 16.3 Å². The van der Waals surface area contributed by atoms with Crippen molar-refractivity contribution >= 4 is 39.3 Å². The molecule has 0 aromatic carbocycles. The molecule has 0 aliphatic heterocycles. The Balaban J connectivity index is 1.87. The zero-order chi connectivity index (χ0) is 17.1. The Kier molecular flexibility index (Phi) is 4.86. The number of fused-ring (bicyclic) bond motifs is 1. The average Bonchev–Trinajstić information content (AvgIpc) is 3.24. The van der Waals surface area contributed by atoms with Gasteiger partial charge in [0.25, 0.3) is 5.56 Å². The Bertz CT molecular complexity index is 955. The number of aromatic nitrogens is 2. The first-order valence-electron chi connectivity index (χ1n) is 7.02. The molecule has 124 valence electrons. The molecule has 0 saturated carbocycles. The van der Waals surface area contributed by atoms with Gasteiger partial charge < -0.3 is 9.15 Å². The van der Waals surface area contributed by atoms with E-state index in [0.717, 1.165) is 0 Å². The number of ether oxygens (including phenoxy) is 1. The average molecular weight is 362 g/mol. The highest BCUT2D eigenvalue weighted by atomic mass is 32.2. The van der Waals surface area contributed by atoms with Crippen molar-refractivity contribution in [1.29, 1.82) is 0 Å². The summed E-state index contributed by atoms with van der Waals surface area (Å²) in [4.78, 5) is 29.2. The van der Waals surface area contributed by atoms with E-state index in [0.29, 0.717) is 33.4 Å². The molecule has 0 atom stereocenters. The molecule has 24 heavy (non-hydrogen) atoms. The van der Waals surface area contributed by atoms with Crippen LogP contribution in [-0.2, 0) is 17.0 Å². The minimum Gasteiger partial charge on any atom is -0.463 e. The van der Waals surface area contributed by atoms with Gasteiger partial charge in [0.2, 0.25) is 5.76 Å². The van der Waals surface area contributed by atoms with Gasteiger partial charge in [-0.15, -0.1) is 17.9 Å². The van der Waals surface area contributed by atoms with E-state index in [1.165, 1.54) is 30.2 Å². The first kappa shape index (κ1) is 16.5. The molecule has 3 heterocycles. The fourth-order valence-corrected chi connectivity index (χ4v) is 3.84. The van der Waals surface area contributed by atoms with Crippen LogP contribution in [0.3, 0.4) is 0 Å². The van der Waals surface area contributed by atoms with Crippen molar-refractivity contribution in [3.05, 3.63) is 58.1 Å². The van der Waals surface area contributed by atoms with Gasteiger partial charge in [0.05, 0.1) is 18.2 Å². The molecule has 3 aromatic heterocycles. The van der Waals surface area contributed by atoms with Crippen LogP contribution in [0.4, 0.5) is 0 Å². The number of furan rings is 1. The lowest BCUT2D eigenvalue weighted by Gasteiger charge is -2.09. The molecular weight excluding hydrogens is 348 g/mol. The lowest BCUT2D eigenvalue weighted by Crippen LogP contribution is -2.22. The van der Waals surface area contributed by atoms with Crippen LogP contribution in [0, 0.1) is 0 Å². The lowest BCUT2D eigenvalue weighted by atomic mass is 10.4. The van der Waals surface area contributed by atoms with Crippen LogP contribution in [0.5, 0.6) is 0 Å². The van der Waals surface area contributed by atoms with Gasteiger partial charge in [-0.1, -0.05) is 17.8 Å². The third-order valence-corrected chi connectivity index (χ3v) is 5.06. The Morgan fingerprint density at radius 1 is 1.50 bits per heavy atom. The molecule has 0 saturated heterocycles. The number of carbonyl (C=O) groups is 1. The highest BCUT2D eigenvalue weighted by Gasteiger charge is 2.14. The summed E-state index contributed by atoms with van der Waals surface area (Å²) in [5.41, 5.74) is -0.0849. The fourth-order valence-electron chi connectivity index (χ4n) is 2.13. The van der Waals surface area contributed by atoms with Crippen LogP contribution in [0.15, 0.2) is 50.6 Å². The number of allylic oxidation sites excluding steroid dienone is 1. The van der Waals surface area contributed by atoms with E-state index < -0.39 is 5.97 Å². The molecule has 0 spiro atoms. The van der Waals surface area contributed by atoms with Crippen molar-refractivity contribution in [3.8, 4) is 0 Å². The summed E-state index contributed by atoms with van der Waals surface area (Å²) in [5.74, 6) is 0.676. The maximum absolute atomic E-state index is 12.5. The zero-order valence-corrected chi connectivity index (χ0v) is 14.5. The van der Waals surface area contributed by atoms with Crippen LogP contribution >= 0.6 is 23.1 Å². The van der Waals surface area contributed by atoms with Gasteiger partial charge in [-0.2, -0.15) is 0 Å². The molecular formula is C16H14N2O4S2. The highest BCUT2D eigenvalue weighted by molar-refractivity contribution is 7.98. The molecule has 0 N–H and O–H groups in total.